The summed E-state index contributed by atoms with van der Waals surface area (Å²) >= 11 is 0. The van der Waals surface area contributed by atoms with E-state index in [1.807, 2.05) is 0 Å². The highest BCUT2D eigenvalue weighted by atomic mass is 15.1. The maximum Gasteiger partial charge on any atom is 0.292 e. The van der Waals surface area contributed by atoms with Crippen LogP contribution in [-0.2, 0) is 0 Å². The molecule has 0 amide bonds. The van der Waals surface area contributed by atoms with Gasteiger partial charge < -0.3 is 0 Å². The Morgan fingerprint density at radius 1 is 0.485 bits per heavy atom. The van der Waals surface area contributed by atoms with Crippen molar-refractivity contribution < 1.29 is 4.40 Å². The van der Waals surface area contributed by atoms with Gasteiger partial charge in [0.2, 0.25) is 0 Å². The van der Waals surface area contributed by atoms with Crippen LogP contribution >= 0.6 is 0 Å². The summed E-state index contributed by atoms with van der Waals surface area (Å²) in [6.45, 7) is 0. The predicted molar refractivity (Wildman–Crippen MR) is 137 cm³/mol. The minimum Gasteiger partial charge on any atom is -0.191 e. The zero-order valence-corrected chi connectivity index (χ0v) is 18.0. The van der Waals surface area contributed by atoms with Crippen molar-refractivity contribution in [2.75, 3.05) is 0 Å². The number of aromatic nitrogens is 2. The molecule has 0 N–H and O–H groups in total. The molecular formula is C31H21N2+. The van der Waals surface area contributed by atoms with Crippen LogP contribution in [0, 0.1) is 0 Å². The summed E-state index contributed by atoms with van der Waals surface area (Å²) in [4.78, 5) is 0. The van der Waals surface area contributed by atoms with Crippen LogP contribution in [0.5, 0.6) is 0 Å². The first-order valence-electron chi connectivity index (χ1n) is 11.3. The largest absolute Gasteiger partial charge is 0.292 e. The van der Waals surface area contributed by atoms with E-state index in [0.717, 1.165) is 5.82 Å². The van der Waals surface area contributed by atoms with Crippen molar-refractivity contribution in [1.29, 1.82) is 0 Å². The van der Waals surface area contributed by atoms with Crippen LogP contribution in [0.4, 0.5) is 0 Å². The number of nitrogens with zero attached hydrogens (tertiary/aromatic N) is 2. The predicted octanol–water partition coefficient (Wildman–Crippen LogP) is 7.34. The van der Waals surface area contributed by atoms with E-state index in [2.05, 4.69) is 136 Å². The molecule has 154 valence electrons. The van der Waals surface area contributed by atoms with Crippen LogP contribution in [-0.4, -0.2) is 4.57 Å². The van der Waals surface area contributed by atoms with Crippen molar-refractivity contribution in [2.45, 2.75) is 0 Å². The first-order chi connectivity index (χ1) is 16.4. The van der Waals surface area contributed by atoms with E-state index in [0.29, 0.717) is 0 Å². The molecule has 7 rings (SSSR count). The maximum absolute atomic E-state index is 2.41. The van der Waals surface area contributed by atoms with Gasteiger partial charge in [-0.15, -0.1) is 0 Å². The van der Waals surface area contributed by atoms with Gasteiger partial charge in [-0.05, 0) is 47.9 Å². The molecule has 0 fully saturated rings. The van der Waals surface area contributed by atoms with E-state index >= 15 is 0 Å². The Hall–Kier alpha value is -4.43. The summed E-state index contributed by atoms with van der Waals surface area (Å²) < 4.78 is 4.81. The van der Waals surface area contributed by atoms with Gasteiger partial charge in [-0.25, -0.2) is 0 Å². The van der Waals surface area contributed by atoms with Crippen molar-refractivity contribution in [3.63, 3.8) is 0 Å². The molecule has 3 heterocycles. The summed E-state index contributed by atoms with van der Waals surface area (Å²) in [7, 11) is 0. The zero-order valence-electron chi connectivity index (χ0n) is 18.0. The summed E-state index contributed by atoms with van der Waals surface area (Å²) in [5, 5.41) is 5.04. The third-order valence-electron chi connectivity index (χ3n) is 6.62. The molecule has 0 saturated heterocycles. The molecule has 2 nitrogen and oxygen atoms in total. The summed E-state index contributed by atoms with van der Waals surface area (Å²) in [5.74, 6) is 1.13. The van der Waals surface area contributed by atoms with Gasteiger partial charge in [-0.1, -0.05) is 78.9 Å². The average Bonchev–Trinajstić information content (AvgIpc) is 3.23. The van der Waals surface area contributed by atoms with Crippen molar-refractivity contribution >= 4 is 38.1 Å². The van der Waals surface area contributed by atoms with Gasteiger partial charge >= 0.3 is 0 Å². The Bertz CT molecular complexity index is 1760. The molecule has 0 saturated carbocycles. The van der Waals surface area contributed by atoms with E-state index in [4.69, 9.17) is 0 Å². The molecule has 0 spiro atoms. The molecule has 3 aromatic heterocycles. The van der Waals surface area contributed by atoms with Gasteiger partial charge in [0.25, 0.3) is 5.82 Å². The Labute approximate surface area is 191 Å². The van der Waals surface area contributed by atoms with Crippen LogP contribution in [0.25, 0.3) is 55.2 Å². The van der Waals surface area contributed by atoms with Crippen LogP contribution in [0.15, 0.2) is 127 Å². The molecular weight excluding hydrogens is 400 g/mol. The van der Waals surface area contributed by atoms with Crippen LogP contribution in [0.3, 0.4) is 0 Å². The Kier molecular flexibility index (Phi) is 3.88. The number of rotatable bonds is 2. The Morgan fingerprint density at radius 3 is 1.82 bits per heavy atom. The standard InChI is InChI=1S/C31H21N2/c1-2-11-22(12-3-1)30-21-23-13-4-5-14-24(23)27-19-10-20-31(33(27)30)32-28-17-8-6-15-25(28)26-16-7-9-18-29(26)32/h1-21H/q+1. The second-order valence-corrected chi connectivity index (χ2v) is 8.46. The van der Waals surface area contributed by atoms with E-state index in [9.17, 15) is 0 Å². The number of benzene rings is 4. The van der Waals surface area contributed by atoms with Crippen molar-refractivity contribution in [3.8, 4) is 17.1 Å². The second kappa shape index (κ2) is 7.04. The van der Waals surface area contributed by atoms with E-state index < -0.39 is 0 Å². The van der Waals surface area contributed by atoms with Gasteiger partial charge in [0.1, 0.15) is 22.2 Å². The number of pyridine rings is 2. The minimum absolute atomic E-state index is 1.13. The van der Waals surface area contributed by atoms with Gasteiger partial charge in [0.05, 0.1) is 0 Å². The molecule has 0 radical (unpaired) electrons. The van der Waals surface area contributed by atoms with Gasteiger partial charge in [-0.2, -0.15) is 8.97 Å². The molecule has 0 unspecified atom stereocenters. The fourth-order valence-electron chi connectivity index (χ4n) is 5.19. The fraction of sp³-hybridized carbons (Fsp3) is 0. The van der Waals surface area contributed by atoms with Crippen LogP contribution < -0.4 is 4.40 Å². The highest BCUT2D eigenvalue weighted by Gasteiger charge is 2.23. The first kappa shape index (κ1) is 18.2. The summed E-state index contributed by atoms with van der Waals surface area (Å²) in [6, 6.07) is 45.7. The van der Waals surface area contributed by atoms with Crippen LogP contribution in [0.2, 0.25) is 0 Å². The Morgan fingerprint density at radius 2 is 1.09 bits per heavy atom. The first-order valence-corrected chi connectivity index (χ1v) is 11.3. The third kappa shape index (κ3) is 2.64. The van der Waals surface area contributed by atoms with Gasteiger partial charge in [0, 0.05) is 27.8 Å². The normalized spacial score (nSPS) is 11.6. The molecule has 4 aromatic carbocycles. The second-order valence-electron chi connectivity index (χ2n) is 8.46. The smallest absolute Gasteiger partial charge is 0.191 e. The lowest BCUT2D eigenvalue weighted by molar-refractivity contribution is -0.492. The molecule has 33 heavy (non-hydrogen) atoms. The highest BCUT2D eigenvalue weighted by Crippen LogP contribution is 2.32. The lowest BCUT2D eigenvalue weighted by Crippen LogP contribution is -2.31. The highest BCUT2D eigenvalue weighted by molar-refractivity contribution is 6.09. The quantitative estimate of drug-likeness (QED) is 0.204. The monoisotopic (exact) mass is 421 g/mol. The number of hydrogen-bond donors (Lipinski definition) is 0. The zero-order chi connectivity index (χ0) is 21.8. The van der Waals surface area contributed by atoms with Gasteiger partial charge in [-0.3, -0.25) is 0 Å². The van der Waals surface area contributed by atoms with Gasteiger partial charge in [0.15, 0.2) is 0 Å². The molecule has 0 aliphatic heterocycles. The molecule has 0 bridgehead atoms. The number of para-hydroxylation sites is 2. The molecule has 0 aliphatic carbocycles. The molecule has 7 aromatic rings. The molecule has 0 aliphatic rings. The van der Waals surface area contributed by atoms with Crippen molar-refractivity contribution in [2.24, 2.45) is 0 Å². The van der Waals surface area contributed by atoms with E-state index in [1.165, 1.54) is 49.4 Å². The lowest BCUT2D eigenvalue weighted by atomic mass is 10.0. The average molecular weight is 422 g/mol. The third-order valence-corrected chi connectivity index (χ3v) is 6.62. The number of fused-ring (bicyclic) bond motifs is 6. The van der Waals surface area contributed by atoms with Crippen LogP contribution in [0.1, 0.15) is 0 Å². The summed E-state index contributed by atoms with van der Waals surface area (Å²) in [5.41, 5.74) is 6.01. The van der Waals surface area contributed by atoms with E-state index in [-0.39, 0.29) is 0 Å². The Balaban J connectivity index is 1.72. The lowest BCUT2D eigenvalue weighted by Gasteiger charge is -2.12. The maximum atomic E-state index is 2.41. The minimum atomic E-state index is 1.13. The fourth-order valence-corrected chi connectivity index (χ4v) is 5.19. The topological polar surface area (TPSA) is 9.03 Å². The summed E-state index contributed by atoms with van der Waals surface area (Å²) in [6.07, 6.45) is 0. The SMILES string of the molecule is c1ccc(-c2cc3ccccc3c3cccc(-n4c5ccccc5c5ccccc54)[n+]23)cc1. The van der Waals surface area contributed by atoms with Crippen molar-refractivity contribution in [1.82, 2.24) is 4.57 Å². The van der Waals surface area contributed by atoms with Crippen molar-refractivity contribution in [3.05, 3.63) is 127 Å². The number of hydrogen-bond acceptors (Lipinski definition) is 0. The molecule has 0 atom stereocenters. The molecule has 2 heteroatoms. The van der Waals surface area contributed by atoms with E-state index in [1.54, 1.807) is 0 Å².